The molecule has 1 saturated heterocycles. The molecule has 0 unspecified atom stereocenters. The normalized spacial score (nSPS) is 15.9. The third kappa shape index (κ3) is 3.31. The number of carbonyl (C=O) groups is 1. The van der Waals surface area contributed by atoms with E-state index < -0.39 is 0 Å². The van der Waals surface area contributed by atoms with Crippen LogP contribution in [-0.2, 0) is 4.74 Å². The summed E-state index contributed by atoms with van der Waals surface area (Å²) in [6, 6.07) is 8.70. The van der Waals surface area contributed by atoms with Crippen LogP contribution < -0.4 is 5.32 Å². The number of hydrogen-bond acceptors (Lipinski definition) is 3. The molecule has 4 nitrogen and oxygen atoms in total. The van der Waals surface area contributed by atoms with Gasteiger partial charge < -0.3 is 10.1 Å². The minimum absolute atomic E-state index is 0.0778. The van der Waals surface area contributed by atoms with E-state index in [0.717, 1.165) is 26.1 Å². The van der Waals surface area contributed by atoms with E-state index in [2.05, 4.69) is 5.32 Å². The topological polar surface area (TPSA) is 62.1 Å². The van der Waals surface area contributed by atoms with E-state index in [1.165, 1.54) is 0 Å². The standard InChI is InChI=1S/C14H16N2O2/c15-9-11-1-3-13(4-2-11)14(17)16-10-12-5-7-18-8-6-12/h1-4,12H,5-8,10H2,(H,16,17). The van der Waals surface area contributed by atoms with Gasteiger partial charge in [0.05, 0.1) is 11.6 Å². The third-order valence-electron chi connectivity index (χ3n) is 3.17. The minimum Gasteiger partial charge on any atom is -0.381 e. The molecule has 1 fully saturated rings. The Labute approximate surface area is 107 Å². The molecule has 0 radical (unpaired) electrons. The predicted octanol–water partition coefficient (Wildman–Crippen LogP) is 1.71. The average molecular weight is 244 g/mol. The van der Waals surface area contributed by atoms with E-state index in [4.69, 9.17) is 10.00 Å². The van der Waals surface area contributed by atoms with Gasteiger partial charge in [0.15, 0.2) is 0 Å². The number of nitrogens with zero attached hydrogens (tertiary/aromatic N) is 1. The first-order valence-electron chi connectivity index (χ1n) is 6.15. The Hall–Kier alpha value is -1.86. The number of rotatable bonds is 3. The number of carbonyl (C=O) groups excluding carboxylic acids is 1. The van der Waals surface area contributed by atoms with Crippen LogP contribution >= 0.6 is 0 Å². The number of benzene rings is 1. The van der Waals surface area contributed by atoms with Crippen LogP contribution in [0.4, 0.5) is 0 Å². The molecule has 1 heterocycles. The van der Waals surface area contributed by atoms with Crippen molar-refractivity contribution in [2.45, 2.75) is 12.8 Å². The lowest BCUT2D eigenvalue weighted by Crippen LogP contribution is -2.32. The van der Waals surface area contributed by atoms with Gasteiger partial charge in [-0.05, 0) is 43.0 Å². The third-order valence-corrected chi connectivity index (χ3v) is 3.17. The first-order valence-corrected chi connectivity index (χ1v) is 6.15. The number of hydrogen-bond donors (Lipinski definition) is 1. The first kappa shape index (κ1) is 12.6. The Kier molecular flexibility index (Phi) is 4.32. The van der Waals surface area contributed by atoms with E-state index in [1.807, 2.05) is 6.07 Å². The zero-order valence-corrected chi connectivity index (χ0v) is 10.2. The van der Waals surface area contributed by atoms with Crippen LogP contribution in [0.1, 0.15) is 28.8 Å². The number of nitrogens with one attached hydrogen (secondary N) is 1. The molecule has 4 heteroatoms. The fraction of sp³-hybridized carbons (Fsp3) is 0.429. The van der Waals surface area contributed by atoms with Gasteiger partial charge in [0.1, 0.15) is 0 Å². The molecule has 1 aromatic carbocycles. The smallest absolute Gasteiger partial charge is 0.251 e. The summed E-state index contributed by atoms with van der Waals surface area (Å²) < 4.78 is 5.27. The SMILES string of the molecule is N#Cc1ccc(C(=O)NCC2CCOCC2)cc1. The summed E-state index contributed by atoms with van der Waals surface area (Å²) in [7, 11) is 0. The van der Waals surface area contributed by atoms with Crippen LogP contribution in [0.5, 0.6) is 0 Å². The summed E-state index contributed by atoms with van der Waals surface area (Å²) in [6.07, 6.45) is 2.02. The summed E-state index contributed by atoms with van der Waals surface area (Å²) in [5, 5.41) is 11.6. The Morgan fingerprint density at radius 2 is 2.00 bits per heavy atom. The maximum atomic E-state index is 11.9. The van der Waals surface area contributed by atoms with Crippen molar-refractivity contribution in [3.05, 3.63) is 35.4 Å². The lowest BCUT2D eigenvalue weighted by atomic mass is 10.0. The van der Waals surface area contributed by atoms with E-state index in [0.29, 0.717) is 23.6 Å². The van der Waals surface area contributed by atoms with Crippen molar-refractivity contribution in [1.82, 2.24) is 5.32 Å². The van der Waals surface area contributed by atoms with E-state index in [-0.39, 0.29) is 5.91 Å². The largest absolute Gasteiger partial charge is 0.381 e. The van der Waals surface area contributed by atoms with Crippen molar-refractivity contribution in [3.63, 3.8) is 0 Å². The molecular formula is C14H16N2O2. The fourth-order valence-electron chi connectivity index (χ4n) is 1.99. The van der Waals surface area contributed by atoms with Crippen molar-refractivity contribution in [2.24, 2.45) is 5.92 Å². The molecule has 0 aromatic heterocycles. The van der Waals surface area contributed by atoms with Gasteiger partial charge >= 0.3 is 0 Å². The predicted molar refractivity (Wildman–Crippen MR) is 67.0 cm³/mol. The molecular weight excluding hydrogens is 228 g/mol. The second kappa shape index (κ2) is 6.18. The second-order valence-corrected chi connectivity index (χ2v) is 4.45. The van der Waals surface area contributed by atoms with Gasteiger partial charge in [0.25, 0.3) is 5.91 Å². The summed E-state index contributed by atoms with van der Waals surface area (Å²) in [6.45, 7) is 2.27. The van der Waals surface area contributed by atoms with E-state index >= 15 is 0 Å². The monoisotopic (exact) mass is 244 g/mol. The molecule has 1 aliphatic heterocycles. The highest BCUT2D eigenvalue weighted by atomic mass is 16.5. The summed E-state index contributed by atoms with van der Waals surface area (Å²) in [5.74, 6) is 0.437. The highest BCUT2D eigenvalue weighted by Gasteiger charge is 2.15. The van der Waals surface area contributed by atoms with Crippen LogP contribution in [0.3, 0.4) is 0 Å². The average Bonchev–Trinajstić information content (AvgIpc) is 2.46. The van der Waals surface area contributed by atoms with Crippen LogP contribution in [0.25, 0.3) is 0 Å². The second-order valence-electron chi connectivity index (χ2n) is 4.45. The van der Waals surface area contributed by atoms with Gasteiger partial charge in [-0.3, -0.25) is 4.79 Å². The lowest BCUT2D eigenvalue weighted by Gasteiger charge is -2.22. The molecule has 18 heavy (non-hydrogen) atoms. The summed E-state index contributed by atoms with van der Waals surface area (Å²) >= 11 is 0. The van der Waals surface area contributed by atoms with Crippen LogP contribution in [0.2, 0.25) is 0 Å². The molecule has 1 N–H and O–H groups in total. The molecule has 0 spiro atoms. The molecule has 0 bridgehead atoms. The highest BCUT2D eigenvalue weighted by Crippen LogP contribution is 2.13. The van der Waals surface area contributed by atoms with Gasteiger partial charge in [-0.1, -0.05) is 0 Å². The summed E-state index contributed by atoms with van der Waals surface area (Å²) in [4.78, 5) is 11.9. The molecule has 1 amide bonds. The minimum atomic E-state index is -0.0778. The Balaban J connectivity index is 1.85. The Morgan fingerprint density at radius 3 is 2.61 bits per heavy atom. The Bertz CT molecular complexity index is 442. The zero-order chi connectivity index (χ0) is 12.8. The van der Waals surface area contributed by atoms with Crippen molar-refractivity contribution >= 4 is 5.91 Å². The van der Waals surface area contributed by atoms with Crippen LogP contribution in [0.15, 0.2) is 24.3 Å². The number of ether oxygens (including phenoxy) is 1. The molecule has 1 aliphatic rings. The molecule has 0 aliphatic carbocycles. The zero-order valence-electron chi connectivity index (χ0n) is 10.2. The maximum absolute atomic E-state index is 11.9. The van der Waals surface area contributed by atoms with E-state index in [1.54, 1.807) is 24.3 Å². The number of amides is 1. The van der Waals surface area contributed by atoms with Gasteiger partial charge in [-0.2, -0.15) is 5.26 Å². The van der Waals surface area contributed by atoms with Gasteiger partial charge in [-0.15, -0.1) is 0 Å². The molecule has 1 aromatic rings. The maximum Gasteiger partial charge on any atom is 0.251 e. The molecule has 94 valence electrons. The molecule has 0 atom stereocenters. The highest BCUT2D eigenvalue weighted by molar-refractivity contribution is 5.94. The van der Waals surface area contributed by atoms with Gasteiger partial charge in [-0.25, -0.2) is 0 Å². The molecule has 2 rings (SSSR count). The van der Waals surface area contributed by atoms with E-state index in [9.17, 15) is 4.79 Å². The van der Waals surface area contributed by atoms with Gasteiger partial charge in [0.2, 0.25) is 0 Å². The van der Waals surface area contributed by atoms with Crippen molar-refractivity contribution in [1.29, 1.82) is 5.26 Å². The van der Waals surface area contributed by atoms with Crippen molar-refractivity contribution in [3.8, 4) is 6.07 Å². The molecule has 0 saturated carbocycles. The van der Waals surface area contributed by atoms with Gasteiger partial charge in [0, 0.05) is 25.3 Å². The summed E-state index contributed by atoms with van der Waals surface area (Å²) in [5.41, 5.74) is 1.16. The quantitative estimate of drug-likeness (QED) is 0.880. The van der Waals surface area contributed by atoms with Crippen LogP contribution in [0, 0.1) is 17.2 Å². The first-order chi connectivity index (χ1) is 8.79. The van der Waals surface area contributed by atoms with Crippen molar-refractivity contribution < 1.29 is 9.53 Å². The van der Waals surface area contributed by atoms with Crippen molar-refractivity contribution in [2.75, 3.05) is 19.8 Å². The fourth-order valence-corrected chi connectivity index (χ4v) is 1.99. The Morgan fingerprint density at radius 1 is 1.33 bits per heavy atom. The van der Waals surface area contributed by atoms with Crippen LogP contribution in [-0.4, -0.2) is 25.7 Å². The number of nitriles is 1. The lowest BCUT2D eigenvalue weighted by molar-refractivity contribution is 0.0642.